The van der Waals surface area contributed by atoms with Gasteiger partial charge in [-0.3, -0.25) is 9.69 Å². The minimum absolute atomic E-state index is 0.0440. The fourth-order valence-corrected chi connectivity index (χ4v) is 4.77. The monoisotopic (exact) mass is 497 g/mol. The number of alkyl halides is 2. The normalized spacial score (nSPS) is 18.3. The van der Waals surface area contributed by atoms with Crippen molar-refractivity contribution in [3.8, 4) is 17.6 Å². The molecule has 1 aliphatic heterocycles. The summed E-state index contributed by atoms with van der Waals surface area (Å²) in [4.78, 5) is 18.7. The Kier molecular flexibility index (Phi) is 7.14. The van der Waals surface area contributed by atoms with E-state index in [-0.39, 0.29) is 23.8 Å². The first kappa shape index (κ1) is 25.8. The van der Waals surface area contributed by atoms with Crippen LogP contribution in [0, 0.1) is 11.8 Å². The van der Waals surface area contributed by atoms with E-state index < -0.39 is 24.4 Å². The number of aldehydes is 1. The van der Waals surface area contributed by atoms with Gasteiger partial charge in [-0.1, -0.05) is 24.0 Å². The highest BCUT2D eigenvalue weighted by Gasteiger charge is 2.38. The molecule has 0 aliphatic carbocycles. The zero-order chi connectivity index (χ0) is 26.2. The van der Waals surface area contributed by atoms with Gasteiger partial charge in [0.2, 0.25) is 0 Å². The molecule has 3 aromatic rings. The maximum absolute atomic E-state index is 13.2. The van der Waals surface area contributed by atoms with Crippen molar-refractivity contribution in [1.29, 1.82) is 0 Å². The first-order valence-electron chi connectivity index (χ1n) is 11.6. The van der Waals surface area contributed by atoms with E-state index >= 15 is 0 Å². The van der Waals surface area contributed by atoms with Crippen molar-refractivity contribution in [3.63, 3.8) is 0 Å². The van der Waals surface area contributed by atoms with E-state index in [1.807, 2.05) is 35.7 Å². The van der Waals surface area contributed by atoms with Crippen LogP contribution in [0.15, 0.2) is 36.4 Å². The summed E-state index contributed by atoms with van der Waals surface area (Å²) in [6, 6.07) is 9.39. The lowest BCUT2D eigenvalue weighted by Gasteiger charge is -2.22. The smallest absolute Gasteiger partial charge is 0.387 e. The molecule has 0 fully saturated rings. The molecule has 2 aromatic carbocycles. The Morgan fingerprint density at radius 1 is 1.31 bits per heavy atom. The summed E-state index contributed by atoms with van der Waals surface area (Å²) in [5.41, 5.74) is 1.66. The second-order valence-corrected chi connectivity index (χ2v) is 9.83. The number of benzene rings is 2. The number of hydrogen-bond donors (Lipinski definition) is 2. The third kappa shape index (κ3) is 5.26. The number of carbonyl (C=O) groups is 1. The Morgan fingerprint density at radius 2 is 2.06 bits per heavy atom. The van der Waals surface area contributed by atoms with Crippen LogP contribution >= 0.6 is 0 Å². The molecule has 2 N–H and O–H groups in total. The predicted molar refractivity (Wildman–Crippen MR) is 131 cm³/mol. The Morgan fingerprint density at radius 3 is 2.69 bits per heavy atom. The van der Waals surface area contributed by atoms with Gasteiger partial charge in [-0.05, 0) is 58.6 Å². The van der Waals surface area contributed by atoms with Crippen LogP contribution in [0.2, 0.25) is 0 Å². The Balaban J connectivity index is 1.85. The minimum atomic E-state index is -3.03. The molecule has 0 radical (unpaired) electrons. The summed E-state index contributed by atoms with van der Waals surface area (Å²) in [5, 5.41) is 20.1. The minimum Gasteiger partial charge on any atom is -0.434 e. The van der Waals surface area contributed by atoms with E-state index in [1.165, 1.54) is 12.1 Å². The number of ether oxygens (including phenoxy) is 1. The number of carbonyl (C=O) groups excluding carboxylic acids is 1. The number of aliphatic hydroxyl groups is 2. The van der Waals surface area contributed by atoms with Crippen LogP contribution in [0.25, 0.3) is 11.0 Å². The van der Waals surface area contributed by atoms with Crippen LogP contribution in [0.4, 0.5) is 8.78 Å². The third-order valence-electron chi connectivity index (χ3n) is 6.25. The van der Waals surface area contributed by atoms with Crippen LogP contribution in [0.3, 0.4) is 0 Å². The largest absolute Gasteiger partial charge is 0.434 e. The molecule has 3 unspecified atom stereocenters. The molecule has 0 saturated carbocycles. The lowest BCUT2D eigenvalue weighted by atomic mass is 9.96. The van der Waals surface area contributed by atoms with Gasteiger partial charge in [-0.25, -0.2) is 4.98 Å². The number of halogens is 2. The third-order valence-corrected chi connectivity index (χ3v) is 6.25. The number of hydrogen-bond acceptors (Lipinski definition) is 6. The van der Waals surface area contributed by atoms with E-state index in [9.17, 15) is 23.8 Å². The van der Waals surface area contributed by atoms with Crippen molar-refractivity contribution in [2.75, 3.05) is 14.1 Å². The van der Waals surface area contributed by atoms with Crippen LogP contribution in [-0.2, 0) is 0 Å². The van der Waals surface area contributed by atoms with Crippen molar-refractivity contribution >= 4 is 17.3 Å². The summed E-state index contributed by atoms with van der Waals surface area (Å²) in [5.74, 6) is 6.41. The molecule has 0 spiro atoms. The van der Waals surface area contributed by atoms with Crippen LogP contribution in [0.5, 0.6) is 5.75 Å². The number of rotatable bonds is 7. The lowest BCUT2D eigenvalue weighted by molar-refractivity contribution is -0.0507. The van der Waals surface area contributed by atoms with E-state index in [1.54, 1.807) is 26.0 Å². The van der Waals surface area contributed by atoms with Gasteiger partial charge in [0.05, 0.1) is 28.7 Å². The predicted octanol–water partition coefficient (Wildman–Crippen LogP) is 3.92. The number of fused-ring (bicyclic) bond motifs is 3. The van der Waals surface area contributed by atoms with Crippen LogP contribution in [-0.4, -0.2) is 63.4 Å². The molecule has 36 heavy (non-hydrogen) atoms. The molecule has 190 valence electrons. The number of nitrogens with zero attached hydrogens (tertiary/aromatic N) is 3. The highest BCUT2D eigenvalue weighted by atomic mass is 19.3. The number of aliphatic hydroxyl groups excluding tert-OH is 1. The van der Waals surface area contributed by atoms with Crippen LogP contribution < -0.4 is 4.74 Å². The Bertz CT molecular complexity index is 1330. The molecule has 0 bridgehead atoms. The lowest BCUT2D eigenvalue weighted by Crippen LogP contribution is -2.25. The number of imidazole rings is 1. The zero-order valence-corrected chi connectivity index (χ0v) is 20.6. The quantitative estimate of drug-likeness (QED) is 0.380. The topological polar surface area (TPSA) is 87.8 Å². The van der Waals surface area contributed by atoms with Gasteiger partial charge in [0.1, 0.15) is 17.7 Å². The van der Waals surface area contributed by atoms with Crippen molar-refractivity contribution in [2.45, 2.75) is 57.1 Å². The van der Waals surface area contributed by atoms with E-state index in [0.717, 1.165) is 11.3 Å². The maximum atomic E-state index is 13.2. The van der Waals surface area contributed by atoms with Crippen molar-refractivity contribution in [3.05, 3.63) is 58.9 Å². The second-order valence-electron chi connectivity index (χ2n) is 9.83. The van der Waals surface area contributed by atoms with E-state index in [2.05, 4.69) is 11.8 Å². The number of aromatic nitrogens is 2. The average molecular weight is 498 g/mol. The highest BCUT2D eigenvalue weighted by Crippen LogP contribution is 2.46. The molecule has 2 heterocycles. The summed E-state index contributed by atoms with van der Waals surface area (Å²) in [6.45, 7) is 0.168. The fraction of sp³-hybridized carbons (Fsp3) is 0.407. The molecular weight excluding hydrogens is 468 g/mol. The SMILES string of the molecule is CN(C)C1CC(c2c(C=O)cccc2OC(F)F)n2c1nc1ccc(C#CC(O)CC(C)(C)O)cc12. The van der Waals surface area contributed by atoms with E-state index in [4.69, 9.17) is 9.72 Å². The first-order chi connectivity index (χ1) is 17.0. The standard InChI is InChI=1S/C27H29F2N3O4/c1-27(2,35)14-18(34)10-8-16-9-11-19-20(12-16)32-21(13-22(31(3)4)25(32)30-19)24-17(15-33)6-5-7-23(24)36-26(28)29/h5-7,9,11-12,15,18,21-22,26,34-35H,13-14H2,1-4H3. The molecular formula is C27H29F2N3O4. The molecule has 0 saturated heterocycles. The van der Waals surface area contributed by atoms with Gasteiger partial charge < -0.3 is 19.5 Å². The Labute approximate surface area is 208 Å². The Hall–Kier alpha value is -3.32. The average Bonchev–Trinajstić information content (AvgIpc) is 3.33. The summed E-state index contributed by atoms with van der Waals surface area (Å²) >= 11 is 0. The molecule has 4 rings (SSSR count). The molecule has 9 heteroatoms. The first-order valence-corrected chi connectivity index (χ1v) is 11.6. The summed E-state index contributed by atoms with van der Waals surface area (Å²) in [7, 11) is 3.83. The van der Waals surface area contributed by atoms with Gasteiger partial charge in [0, 0.05) is 23.1 Å². The molecule has 3 atom stereocenters. The summed E-state index contributed by atoms with van der Waals surface area (Å²) in [6.07, 6.45) is 0.259. The zero-order valence-electron chi connectivity index (χ0n) is 20.6. The molecule has 0 amide bonds. The van der Waals surface area contributed by atoms with Crippen LogP contribution in [0.1, 0.15) is 66.1 Å². The summed E-state index contributed by atoms with van der Waals surface area (Å²) < 4.78 is 33.2. The van der Waals surface area contributed by atoms with Crippen molar-refractivity contribution < 1.29 is 28.5 Å². The molecule has 1 aliphatic rings. The fourth-order valence-electron chi connectivity index (χ4n) is 4.77. The van der Waals surface area contributed by atoms with Gasteiger partial charge in [-0.15, -0.1) is 0 Å². The van der Waals surface area contributed by atoms with Gasteiger partial charge >= 0.3 is 6.61 Å². The van der Waals surface area contributed by atoms with Gasteiger partial charge in [0.15, 0.2) is 6.29 Å². The van der Waals surface area contributed by atoms with Gasteiger partial charge in [-0.2, -0.15) is 8.78 Å². The van der Waals surface area contributed by atoms with E-state index in [0.29, 0.717) is 29.4 Å². The second kappa shape index (κ2) is 9.97. The van der Waals surface area contributed by atoms with Crippen molar-refractivity contribution in [1.82, 2.24) is 14.5 Å². The van der Waals surface area contributed by atoms with Crippen molar-refractivity contribution in [2.24, 2.45) is 0 Å². The van der Waals surface area contributed by atoms with Gasteiger partial charge in [0.25, 0.3) is 0 Å². The highest BCUT2D eigenvalue weighted by molar-refractivity contribution is 5.82. The maximum Gasteiger partial charge on any atom is 0.387 e. The molecule has 1 aromatic heterocycles. The molecule has 7 nitrogen and oxygen atoms in total.